The SMILES string of the molecule is Cc1ccc(-c2nc(-c3ccc(CN)cc3)n[nH]2)cc1. The lowest BCUT2D eigenvalue weighted by molar-refractivity contribution is 1.07. The number of nitrogens with two attached hydrogens (primary N) is 1. The molecule has 3 rings (SSSR count). The van der Waals surface area contributed by atoms with Crippen molar-refractivity contribution in [1.29, 1.82) is 0 Å². The fraction of sp³-hybridized carbons (Fsp3) is 0.125. The number of hydrogen-bond acceptors (Lipinski definition) is 3. The number of nitrogens with one attached hydrogen (secondary N) is 1. The highest BCUT2D eigenvalue weighted by Gasteiger charge is 2.07. The molecule has 2 aromatic carbocycles. The Hall–Kier alpha value is -2.46. The highest BCUT2D eigenvalue weighted by atomic mass is 15.2. The Morgan fingerprint density at radius 2 is 1.60 bits per heavy atom. The standard InChI is InChI=1S/C16H16N4/c1-11-2-6-13(7-3-11)15-18-16(20-19-15)14-8-4-12(10-17)5-9-14/h2-9H,10,17H2,1H3,(H,18,19,20). The number of aromatic nitrogens is 3. The predicted octanol–water partition coefficient (Wildman–Crippen LogP) is 2.91. The average molecular weight is 264 g/mol. The second kappa shape index (κ2) is 5.27. The zero-order chi connectivity index (χ0) is 13.9. The van der Waals surface area contributed by atoms with Crippen molar-refractivity contribution in [1.82, 2.24) is 15.2 Å². The molecule has 4 nitrogen and oxygen atoms in total. The van der Waals surface area contributed by atoms with Crippen LogP contribution in [0.1, 0.15) is 11.1 Å². The van der Waals surface area contributed by atoms with Crippen molar-refractivity contribution in [2.75, 3.05) is 0 Å². The molecule has 1 heterocycles. The smallest absolute Gasteiger partial charge is 0.181 e. The predicted molar refractivity (Wildman–Crippen MR) is 79.9 cm³/mol. The van der Waals surface area contributed by atoms with E-state index >= 15 is 0 Å². The summed E-state index contributed by atoms with van der Waals surface area (Å²) in [6, 6.07) is 16.2. The third-order valence-electron chi connectivity index (χ3n) is 3.26. The molecular weight excluding hydrogens is 248 g/mol. The number of hydrogen-bond donors (Lipinski definition) is 2. The summed E-state index contributed by atoms with van der Waals surface area (Å²) in [6.45, 7) is 2.61. The molecular formula is C16H16N4. The molecule has 0 saturated heterocycles. The maximum atomic E-state index is 5.59. The Kier molecular flexibility index (Phi) is 3.31. The van der Waals surface area contributed by atoms with Gasteiger partial charge in [-0.3, -0.25) is 5.10 Å². The van der Waals surface area contributed by atoms with Crippen molar-refractivity contribution < 1.29 is 0 Å². The number of nitrogens with zero attached hydrogens (tertiary/aromatic N) is 2. The molecule has 0 saturated carbocycles. The van der Waals surface area contributed by atoms with Gasteiger partial charge in [-0.05, 0) is 12.5 Å². The van der Waals surface area contributed by atoms with Gasteiger partial charge in [0, 0.05) is 17.7 Å². The minimum Gasteiger partial charge on any atom is -0.326 e. The molecule has 0 unspecified atom stereocenters. The number of rotatable bonds is 3. The maximum absolute atomic E-state index is 5.59. The van der Waals surface area contributed by atoms with Crippen LogP contribution in [0.2, 0.25) is 0 Å². The lowest BCUT2D eigenvalue weighted by Gasteiger charge is -1.98. The van der Waals surface area contributed by atoms with Gasteiger partial charge in [0.25, 0.3) is 0 Å². The van der Waals surface area contributed by atoms with Crippen LogP contribution in [0.3, 0.4) is 0 Å². The van der Waals surface area contributed by atoms with E-state index in [1.54, 1.807) is 0 Å². The summed E-state index contributed by atoms with van der Waals surface area (Å²) in [6.07, 6.45) is 0. The molecule has 0 spiro atoms. The van der Waals surface area contributed by atoms with Gasteiger partial charge in [0.1, 0.15) is 0 Å². The summed E-state index contributed by atoms with van der Waals surface area (Å²) in [5, 5.41) is 7.26. The lowest BCUT2D eigenvalue weighted by Crippen LogP contribution is -1.95. The van der Waals surface area contributed by atoms with Crippen molar-refractivity contribution in [3.63, 3.8) is 0 Å². The van der Waals surface area contributed by atoms with E-state index in [1.165, 1.54) is 5.56 Å². The van der Waals surface area contributed by atoms with Crippen LogP contribution in [-0.2, 0) is 6.54 Å². The summed E-state index contributed by atoms with van der Waals surface area (Å²) in [5.74, 6) is 1.48. The second-order valence-corrected chi connectivity index (χ2v) is 4.77. The highest BCUT2D eigenvalue weighted by Crippen LogP contribution is 2.20. The molecule has 0 fully saturated rings. The highest BCUT2D eigenvalue weighted by molar-refractivity contribution is 5.61. The molecule has 0 aliphatic heterocycles. The monoisotopic (exact) mass is 264 g/mol. The first-order valence-corrected chi connectivity index (χ1v) is 6.55. The normalized spacial score (nSPS) is 10.7. The Balaban J connectivity index is 1.91. The molecule has 20 heavy (non-hydrogen) atoms. The van der Waals surface area contributed by atoms with E-state index in [4.69, 9.17) is 5.73 Å². The zero-order valence-electron chi connectivity index (χ0n) is 11.3. The van der Waals surface area contributed by atoms with E-state index in [1.807, 2.05) is 36.4 Å². The Bertz CT molecular complexity index is 696. The molecule has 0 aliphatic rings. The van der Waals surface area contributed by atoms with Crippen LogP contribution in [0.15, 0.2) is 48.5 Å². The molecule has 1 aromatic heterocycles. The molecule has 0 radical (unpaired) electrons. The fourth-order valence-corrected chi connectivity index (χ4v) is 2.02. The van der Waals surface area contributed by atoms with E-state index in [9.17, 15) is 0 Å². The van der Waals surface area contributed by atoms with Gasteiger partial charge in [-0.15, -0.1) is 0 Å². The Morgan fingerprint density at radius 1 is 0.950 bits per heavy atom. The van der Waals surface area contributed by atoms with E-state index in [0.29, 0.717) is 12.4 Å². The first kappa shape index (κ1) is 12.6. The van der Waals surface area contributed by atoms with Gasteiger partial charge in [0.2, 0.25) is 0 Å². The van der Waals surface area contributed by atoms with Crippen molar-refractivity contribution in [2.45, 2.75) is 13.5 Å². The van der Waals surface area contributed by atoms with E-state index in [-0.39, 0.29) is 0 Å². The van der Waals surface area contributed by atoms with E-state index < -0.39 is 0 Å². The van der Waals surface area contributed by atoms with Gasteiger partial charge in [-0.2, -0.15) is 5.10 Å². The molecule has 0 bridgehead atoms. The number of H-pyrrole nitrogens is 1. The molecule has 0 amide bonds. The summed E-state index contributed by atoms with van der Waals surface area (Å²) >= 11 is 0. The number of aryl methyl sites for hydroxylation is 1. The third-order valence-corrected chi connectivity index (χ3v) is 3.26. The largest absolute Gasteiger partial charge is 0.326 e. The molecule has 4 heteroatoms. The summed E-state index contributed by atoms with van der Waals surface area (Å²) in [7, 11) is 0. The minimum absolute atomic E-state index is 0.545. The van der Waals surface area contributed by atoms with Gasteiger partial charge < -0.3 is 5.73 Å². The Labute approximate surface area is 117 Å². The van der Waals surface area contributed by atoms with Crippen molar-refractivity contribution in [2.24, 2.45) is 5.73 Å². The second-order valence-electron chi connectivity index (χ2n) is 4.77. The van der Waals surface area contributed by atoms with Crippen LogP contribution in [0.25, 0.3) is 22.8 Å². The first-order chi connectivity index (χ1) is 9.76. The van der Waals surface area contributed by atoms with Gasteiger partial charge in [0.05, 0.1) is 0 Å². The van der Waals surface area contributed by atoms with Gasteiger partial charge in [-0.1, -0.05) is 54.1 Å². The van der Waals surface area contributed by atoms with Crippen LogP contribution in [0.5, 0.6) is 0 Å². The zero-order valence-corrected chi connectivity index (χ0v) is 11.3. The molecule has 100 valence electrons. The van der Waals surface area contributed by atoms with Crippen LogP contribution in [0, 0.1) is 6.92 Å². The van der Waals surface area contributed by atoms with Gasteiger partial charge in [-0.25, -0.2) is 4.98 Å². The van der Waals surface area contributed by atoms with Gasteiger partial charge >= 0.3 is 0 Å². The quantitative estimate of drug-likeness (QED) is 0.764. The molecule has 0 atom stereocenters. The summed E-state index contributed by atoms with van der Waals surface area (Å²) in [5.41, 5.74) is 9.94. The van der Waals surface area contributed by atoms with E-state index in [2.05, 4.69) is 34.2 Å². The number of aromatic amines is 1. The van der Waals surface area contributed by atoms with Crippen LogP contribution in [0.4, 0.5) is 0 Å². The average Bonchev–Trinajstić information content (AvgIpc) is 2.98. The van der Waals surface area contributed by atoms with Crippen molar-refractivity contribution in [3.05, 3.63) is 59.7 Å². The lowest BCUT2D eigenvalue weighted by atomic mass is 10.1. The van der Waals surface area contributed by atoms with Crippen LogP contribution >= 0.6 is 0 Å². The number of benzene rings is 2. The summed E-state index contributed by atoms with van der Waals surface area (Å²) < 4.78 is 0. The third kappa shape index (κ3) is 2.46. The molecule has 3 aromatic rings. The molecule has 3 N–H and O–H groups in total. The van der Waals surface area contributed by atoms with E-state index in [0.717, 1.165) is 22.5 Å². The molecule has 0 aliphatic carbocycles. The minimum atomic E-state index is 0.545. The first-order valence-electron chi connectivity index (χ1n) is 6.55. The maximum Gasteiger partial charge on any atom is 0.181 e. The van der Waals surface area contributed by atoms with Crippen LogP contribution in [-0.4, -0.2) is 15.2 Å². The Morgan fingerprint density at radius 3 is 2.25 bits per heavy atom. The van der Waals surface area contributed by atoms with Crippen molar-refractivity contribution in [3.8, 4) is 22.8 Å². The van der Waals surface area contributed by atoms with Crippen molar-refractivity contribution >= 4 is 0 Å². The summed E-state index contributed by atoms with van der Waals surface area (Å²) in [4.78, 5) is 4.54. The fourth-order valence-electron chi connectivity index (χ4n) is 2.02. The topological polar surface area (TPSA) is 67.6 Å². The van der Waals surface area contributed by atoms with Crippen LogP contribution < -0.4 is 5.73 Å². The van der Waals surface area contributed by atoms with Gasteiger partial charge in [0.15, 0.2) is 11.6 Å².